The average Bonchev–Trinajstić information content (AvgIpc) is 3.35. The predicted octanol–water partition coefficient (Wildman–Crippen LogP) is 4.56. The highest BCUT2D eigenvalue weighted by atomic mass is 32.1. The Morgan fingerprint density at radius 3 is 2.83 bits per heavy atom. The van der Waals surface area contributed by atoms with Crippen LogP contribution in [0.1, 0.15) is 48.9 Å². The molecule has 1 aromatic carbocycles. The lowest BCUT2D eigenvalue weighted by molar-refractivity contribution is -0.139. The van der Waals surface area contributed by atoms with Gasteiger partial charge in [0, 0.05) is 11.4 Å². The number of aliphatic carboxylic acids is 1. The molecule has 3 heterocycles. The molecule has 8 heteroatoms. The molecule has 0 spiro atoms. The van der Waals surface area contributed by atoms with Crippen molar-refractivity contribution in [2.75, 3.05) is 12.1 Å². The van der Waals surface area contributed by atoms with Crippen molar-refractivity contribution in [3.63, 3.8) is 0 Å². The third-order valence-corrected chi connectivity index (χ3v) is 6.07. The number of benzene rings is 1. The van der Waals surface area contributed by atoms with Gasteiger partial charge in [-0.15, -0.1) is 11.3 Å². The number of carbonyl (C=O) groups is 1. The number of thiophene rings is 1. The summed E-state index contributed by atoms with van der Waals surface area (Å²) in [5.41, 5.74) is 1.02. The first-order chi connectivity index (χ1) is 14.1. The first kappa shape index (κ1) is 19.4. The van der Waals surface area contributed by atoms with Crippen LogP contribution in [0.15, 0.2) is 24.3 Å². The second-order valence-electron chi connectivity index (χ2n) is 6.94. The molecule has 29 heavy (non-hydrogen) atoms. The summed E-state index contributed by atoms with van der Waals surface area (Å²) in [5.74, 6) is 0.915. The predicted molar refractivity (Wildman–Crippen MR) is 112 cm³/mol. The molecule has 0 radical (unpaired) electrons. The Kier molecular flexibility index (Phi) is 5.53. The molecule has 2 N–H and O–H groups in total. The number of hydrogen-bond donors (Lipinski definition) is 2. The molecule has 0 saturated carbocycles. The molecule has 4 rings (SSSR count). The summed E-state index contributed by atoms with van der Waals surface area (Å²) in [4.78, 5) is 23.0. The number of carboxylic acid groups (broad SMARTS) is 1. The summed E-state index contributed by atoms with van der Waals surface area (Å²) < 4.78 is 10.8. The van der Waals surface area contributed by atoms with Crippen LogP contribution in [0.5, 0.6) is 11.5 Å². The molecule has 152 valence electrons. The zero-order chi connectivity index (χ0) is 20.4. The molecule has 1 unspecified atom stereocenters. The van der Waals surface area contributed by atoms with Crippen molar-refractivity contribution in [1.82, 2.24) is 9.97 Å². The molecule has 0 saturated heterocycles. The van der Waals surface area contributed by atoms with Gasteiger partial charge in [-0.25, -0.2) is 9.97 Å². The second kappa shape index (κ2) is 8.24. The number of hydrogen-bond acceptors (Lipinski definition) is 7. The van der Waals surface area contributed by atoms with Crippen molar-refractivity contribution in [3.8, 4) is 11.5 Å². The summed E-state index contributed by atoms with van der Waals surface area (Å²) in [6.45, 7) is 4.83. The van der Waals surface area contributed by atoms with E-state index in [1.54, 1.807) is 11.3 Å². The van der Waals surface area contributed by atoms with Gasteiger partial charge in [-0.1, -0.05) is 26.3 Å². The summed E-state index contributed by atoms with van der Waals surface area (Å²) in [5, 5.41) is 13.9. The maximum Gasteiger partial charge on any atom is 0.314 e. The molecule has 3 aromatic rings. The van der Waals surface area contributed by atoms with E-state index in [1.807, 2.05) is 25.1 Å². The van der Waals surface area contributed by atoms with Gasteiger partial charge in [0.1, 0.15) is 22.4 Å². The van der Waals surface area contributed by atoms with Crippen LogP contribution in [0, 0.1) is 0 Å². The molecule has 0 amide bonds. The highest BCUT2D eigenvalue weighted by molar-refractivity contribution is 7.18. The van der Waals surface area contributed by atoms with Gasteiger partial charge in [0.2, 0.25) is 6.79 Å². The van der Waals surface area contributed by atoms with Gasteiger partial charge in [-0.05, 0) is 36.6 Å². The lowest BCUT2D eigenvalue weighted by Gasteiger charge is -2.13. The minimum Gasteiger partial charge on any atom is -0.481 e. The van der Waals surface area contributed by atoms with Gasteiger partial charge in [-0.3, -0.25) is 4.79 Å². The number of anilines is 1. The van der Waals surface area contributed by atoms with E-state index in [0.29, 0.717) is 24.6 Å². The van der Waals surface area contributed by atoms with Crippen molar-refractivity contribution < 1.29 is 19.4 Å². The standard InChI is InChI=1S/C21H23N3O4S/c1-3-5-14(21(25)26)19-23-18(15-9-13(4-2)29-20(15)24-19)22-10-12-6-7-16-17(8-12)28-11-27-16/h6-9,14H,3-5,10-11H2,1-2H3,(H,25,26)(H,22,23,24). The highest BCUT2D eigenvalue weighted by Gasteiger charge is 2.24. The Bertz CT molecular complexity index is 1050. The number of fused-ring (bicyclic) bond motifs is 2. The van der Waals surface area contributed by atoms with E-state index in [4.69, 9.17) is 9.47 Å². The zero-order valence-corrected chi connectivity index (χ0v) is 17.2. The number of carboxylic acids is 1. The number of ether oxygens (including phenoxy) is 2. The minimum absolute atomic E-state index is 0.241. The number of aromatic nitrogens is 2. The fourth-order valence-electron chi connectivity index (χ4n) is 3.34. The summed E-state index contributed by atoms with van der Waals surface area (Å²) in [6, 6.07) is 7.89. The monoisotopic (exact) mass is 413 g/mol. The van der Waals surface area contributed by atoms with Gasteiger partial charge in [0.25, 0.3) is 0 Å². The Hall–Kier alpha value is -2.87. The topological polar surface area (TPSA) is 93.6 Å². The van der Waals surface area contributed by atoms with Crippen LogP contribution < -0.4 is 14.8 Å². The molecular weight excluding hydrogens is 390 g/mol. The molecule has 1 aliphatic rings. The lowest BCUT2D eigenvalue weighted by Crippen LogP contribution is -2.16. The van der Waals surface area contributed by atoms with Crippen molar-refractivity contribution in [2.45, 2.75) is 45.6 Å². The summed E-state index contributed by atoms with van der Waals surface area (Å²) >= 11 is 1.59. The number of nitrogens with zero attached hydrogens (tertiary/aromatic N) is 2. The van der Waals surface area contributed by atoms with Crippen molar-refractivity contribution >= 4 is 33.3 Å². The van der Waals surface area contributed by atoms with Crippen LogP contribution in [0.25, 0.3) is 10.2 Å². The number of aryl methyl sites for hydroxylation is 1. The zero-order valence-electron chi connectivity index (χ0n) is 16.4. The van der Waals surface area contributed by atoms with Crippen LogP contribution in [0.3, 0.4) is 0 Å². The largest absolute Gasteiger partial charge is 0.481 e. The summed E-state index contributed by atoms with van der Waals surface area (Å²) in [7, 11) is 0. The van der Waals surface area contributed by atoms with E-state index in [2.05, 4.69) is 28.3 Å². The smallest absolute Gasteiger partial charge is 0.314 e. The SMILES string of the molecule is CCCC(C(=O)O)c1nc(NCc2ccc3c(c2)OCO3)c2cc(CC)sc2n1. The lowest BCUT2D eigenvalue weighted by atomic mass is 10.0. The van der Waals surface area contributed by atoms with E-state index >= 15 is 0 Å². The Morgan fingerprint density at radius 2 is 2.07 bits per heavy atom. The Balaban J connectivity index is 1.67. The molecule has 0 bridgehead atoms. The van der Waals surface area contributed by atoms with E-state index in [1.165, 1.54) is 4.88 Å². The van der Waals surface area contributed by atoms with Crippen molar-refractivity contribution in [2.24, 2.45) is 0 Å². The average molecular weight is 413 g/mol. The normalized spacial score (nSPS) is 13.6. The molecule has 1 atom stereocenters. The Labute approximate surface area is 172 Å². The molecule has 1 aliphatic heterocycles. The van der Waals surface area contributed by atoms with Crippen LogP contribution >= 0.6 is 11.3 Å². The van der Waals surface area contributed by atoms with Gasteiger partial charge < -0.3 is 19.9 Å². The van der Waals surface area contributed by atoms with Crippen LogP contribution in [-0.4, -0.2) is 27.8 Å². The van der Waals surface area contributed by atoms with Crippen LogP contribution in [0.2, 0.25) is 0 Å². The van der Waals surface area contributed by atoms with Gasteiger partial charge >= 0.3 is 5.97 Å². The highest BCUT2D eigenvalue weighted by Crippen LogP contribution is 2.34. The van der Waals surface area contributed by atoms with E-state index in [-0.39, 0.29) is 6.79 Å². The molecular formula is C21H23N3O4S. The maximum atomic E-state index is 11.8. The van der Waals surface area contributed by atoms with Gasteiger partial charge in [0.15, 0.2) is 11.5 Å². The second-order valence-corrected chi connectivity index (χ2v) is 8.05. The number of nitrogens with one attached hydrogen (secondary N) is 1. The Morgan fingerprint density at radius 1 is 1.24 bits per heavy atom. The van der Waals surface area contributed by atoms with Gasteiger partial charge in [0.05, 0.1) is 5.39 Å². The third-order valence-electron chi connectivity index (χ3n) is 4.89. The first-order valence-corrected chi connectivity index (χ1v) is 10.6. The number of rotatable bonds is 8. The molecule has 0 fully saturated rings. The van der Waals surface area contributed by atoms with Gasteiger partial charge in [-0.2, -0.15) is 0 Å². The summed E-state index contributed by atoms with van der Waals surface area (Å²) in [6.07, 6.45) is 2.16. The quantitative estimate of drug-likeness (QED) is 0.559. The minimum atomic E-state index is -0.889. The van der Waals surface area contributed by atoms with E-state index < -0.39 is 11.9 Å². The molecule has 0 aliphatic carbocycles. The van der Waals surface area contributed by atoms with Crippen LogP contribution in [-0.2, 0) is 17.8 Å². The fourth-order valence-corrected chi connectivity index (χ4v) is 4.32. The van der Waals surface area contributed by atoms with E-state index in [0.717, 1.165) is 40.1 Å². The van der Waals surface area contributed by atoms with Crippen molar-refractivity contribution in [1.29, 1.82) is 0 Å². The third kappa shape index (κ3) is 3.98. The molecule has 2 aromatic heterocycles. The first-order valence-electron chi connectivity index (χ1n) is 9.74. The van der Waals surface area contributed by atoms with E-state index in [9.17, 15) is 9.90 Å². The van der Waals surface area contributed by atoms with Crippen LogP contribution in [0.4, 0.5) is 5.82 Å². The fraction of sp³-hybridized carbons (Fsp3) is 0.381. The maximum absolute atomic E-state index is 11.8. The molecule has 7 nitrogen and oxygen atoms in total. The van der Waals surface area contributed by atoms with Crippen molar-refractivity contribution in [3.05, 3.63) is 40.5 Å².